The predicted octanol–water partition coefficient (Wildman–Crippen LogP) is 3.53. The van der Waals surface area contributed by atoms with Crippen LogP contribution >= 0.6 is 0 Å². The molecule has 0 spiro atoms. The number of amides is 2. The number of aromatic nitrogens is 1. The van der Waals surface area contributed by atoms with Crippen molar-refractivity contribution >= 4 is 22.8 Å². The summed E-state index contributed by atoms with van der Waals surface area (Å²) in [7, 11) is 1.68. The molecule has 5 nitrogen and oxygen atoms in total. The van der Waals surface area contributed by atoms with Crippen LogP contribution in [-0.4, -0.2) is 24.3 Å². The van der Waals surface area contributed by atoms with E-state index in [1.165, 1.54) is 11.1 Å². The van der Waals surface area contributed by atoms with Crippen LogP contribution in [-0.2, 0) is 13.0 Å². The number of primary amides is 1. The van der Waals surface area contributed by atoms with Crippen molar-refractivity contribution in [2.75, 3.05) is 18.6 Å². The minimum atomic E-state index is -0.406. The van der Waals surface area contributed by atoms with E-state index in [1.54, 1.807) is 12.0 Å². The Morgan fingerprint density at radius 3 is 2.68 bits per heavy atom. The zero-order valence-corrected chi connectivity index (χ0v) is 14.2. The lowest BCUT2D eigenvalue weighted by Gasteiger charge is -2.28. The van der Waals surface area contributed by atoms with Crippen molar-refractivity contribution in [1.29, 1.82) is 0 Å². The van der Waals surface area contributed by atoms with Gasteiger partial charge in [-0.25, -0.2) is 4.79 Å². The summed E-state index contributed by atoms with van der Waals surface area (Å²) in [4.78, 5) is 13.8. The number of nitrogens with zero attached hydrogens (tertiary/aromatic N) is 2. The van der Waals surface area contributed by atoms with Gasteiger partial charge in [0.2, 0.25) is 0 Å². The van der Waals surface area contributed by atoms with Crippen molar-refractivity contribution in [2.24, 2.45) is 5.73 Å². The van der Waals surface area contributed by atoms with E-state index in [4.69, 9.17) is 10.5 Å². The zero-order chi connectivity index (χ0) is 17.4. The fourth-order valence-electron chi connectivity index (χ4n) is 3.81. The normalized spacial score (nSPS) is 13.7. The molecule has 0 aliphatic carbocycles. The van der Waals surface area contributed by atoms with Crippen LogP contribution in [0.15, 0.2) is 48.5 Å². The van der Waals surface area contributed by atoms with E-state index in [0.717, 1.165) is 35.3 Å². The second-order valence-corrected chi connectivity index (χ2v) is 6.32. The number of methoxy groups -OCH3 is 1. The van der Waals surface area contributed by atoms with Crippen LogP contribution in [0.5, 0.6) is 5.75 Å². The number of hydrogen-bond donors (Lipinski definition) is 1. The summed E-state index contributed by atoms with van der Waals surface area (Å²) >= 11 is 0. The van der Waals surface area contributed by atoms with E-state index < -0.39 is 6.03 Å². The highest BCUT2D eigenvalue weighted by Gasteiger charge is 2.29. The SMILES string of the molecule is COc1cccc2c3c(n(Cc4ccccc4)c12)N(C(N)=O)CCC3. The molecule has 2 heterocycles. The number of fused-ring (bicyclic) bond motifs is 3. The van der Waals surface area contributed by atoms with Gasteiger partial charge in [-0.1, -0.05) is 42.5 Å². The first-order chi connectivity index (χ1) is 12.2. The summed E-state index contributed by atoms with van der Waals surface area (Å²) < 4.78 is 7.79. The third-order valence-electron chi connectivity index (χ3n) is 4.85. The number of urea groups is 1. The second kappa shape index (κ2) is 6.16. The number of aryl methyl sites for hydroxylation is 1. The molecule has 0 fully saturated rings. The van der Waals surface area contributed by atoms with Gasteiger partial charge in [-0.3, -0.25) is 4.90 Å². The number of benzene rings is 2. The first kappa shape index (κ1) is 15.6. The van der Waals surface area contributed by atoms with E-state index in [2.05, 4.69) is 22.8 Å². The molecule has 2 N–H and O–H groups in total. The summed E-state index contributed by atoms with van der Waals surface area (Å²) in [6.45, 7) is 1.31. The van der Waals surface area contributed by atoms with Gasteiger partial charge in [0.25, 0.3) is 0 Å². The molecule has 1 aliphatic heterocycles. The number of rotatable bonds is 3. The number of nitrogens with two attached hydrogens (primary N) is 1. The van der Waals surface area contributed by atoms with Gasteiger partial charge in [0.1, 0.15) is 11.6 Å². The van der Waals surface area contributed by atoms with Gasteiger partial charge in [-0.05, 0) is 24.5 Å². The van der Waals surface area contributed by atoms with Crippen molar-refractivity contribution < 1.29 is 9.53 Å². The summed E-state index contributed by atoms with van der Waals surface area (Å²) in [6.07, 6.45) is 1.85. The molecule has 0 radical (unpaired) electrons. The van der Waals surface area contributed by atoms with Crippen LogP contribution in [0.4, 0.5) is 10.6 Å². The Morgan fingerprint density at radius 1 is 1.16 bits per heavy atom. The number of ether oxygens (including phenoxy) is 1. The van der Waals surface area contributed by atoms with E-state index in [0.29, 0.717) is 13.1 Å². The molecule has 128 valence electrons. The third-order valence-corrected chi connectivity index (χ3v) is 4.85. The third kappa shape index (κ3) is 2.52. The van der Waals surface area contributed by atoms with Crippen molar-refractivity contribution in [3.8, 4) is 5.75 Å². The van der Waals surface area contributed by atoms with Crippen LogP contribution < -0.4 is 15.4 Å². The summed E-state index contributed by atoms with van der Waals surface area (Å²) in [6, 6.07) is 15.9. The molecule has 1 aliphatic rings. The van der Waals surface area contributed by atoms with Gasteiger partial charge in [-0.15, -0.1) is 0 Å². The molecular formula is C20H21N3O2. The molecule has 2 amide bonds. The molecule has 0 atom stereocenters. The molecule has 2 aromatic carbocycles. The fourth-order valence-corrected chi connectivity index (χ4v) is 3.81. The quantitative estimate of drug-likeness (QED) is 0.796. The Kier molecular flexibility index (Phi) is 3.84. The van der Waals surface area contributed by atoms with Gasteiger partial charge in [0.15, 0.2) is 0 Å². The lowest BCUT2D eigenvalue weighted by Crippen LogP contribution is -2.40. The number of hydrogen-bond acceptors (Lipinski definition) is 2. The number of anilines is 1. The zero-order valence-electron chi connectivity index (χ0n) is 14.2. The first-order valence-electron chi connectivity index (χ1n) is 8.49. The highest BCUT2D eigenvalue weighted by molar-refractivity contribution is 6.00. The highest BCUT2D eigenvalue weighted by atomic mass is 16.5. The average Bonchev–Trinajstić information content (AvgIpc) is 2.96. The summed E-state index contributed by atoms with van der Waals surface area (Å²) in [5.74, 6) is 1.72. The van der Waals surface area contributed by atoms with E-state index in [9.17, 15) is 4.79 Å². The maximum atomic E-state index is 12.1. The molecule has 25 heavy (non-hydrogen) atoms. The molecule has 3 aromatic rings. The van der Waals surface area contributed by atoms with Crippen molar-refractivity contribution in [3.05, 3.63) is 59.7 Å². The van der Waals surface area contributed by atoms with Gasteiger partial charge >= 0.3 is 6.03 Å². The fraction of sp³-hybridized carbons (Fsp3) is 0.250. The molecule has 1 aromatic heterocycles. The van der Waals surface area contributed by atoms with Crippen LogP contribution in [0.3, 0.4) is 0 Å². The van der Waals surface area contributed by atoms with Crippen LogP contribution in [0, 0.1) is 0 Å². The summed E-state index contributed by atoms with van der Waals surface area (Å²) in [5.41, 5.74) is 9.04. The Balaban J connectivity index is 2.00. The summed E-state index contributed by atoms with van der Waals surface area (Å²) in [5, 5.41) is 1.14. The molecule has 0 bridgehead atoms. The molecule has 0 unspecified atom stereocenters. The Morgan fingerprint density at radius 2 is 1.96 bits per heavy atom. The van der Waals surface area contributed by atoms with Crippen molar-refractivity contribution in [3.63, 3.8) is 0 Å². The second-order valence-electron chi connectivity index (χ2n) is 6.32. The topological polar surface area (TPSA) is 60.5 Å². The Labute approximate surface area is 146 Å². The van der Waals surface area contributed by atoms with Crippen molar-refractivity contribution in [1.82, 2.24) is 4.57 Å². The average molecular weight is 335 g/mol. The highest BCUT2D eigenvalue weighted by Crippen LogP contribution is 2.40. The van der Waals surface area contributed by atoms with E-state index in [1.807, 2.05) is 30.3 Å². The standard InChI is InChI=1S/C20H21N3O2/c1-25-17-11-5-9-15-16-10-6-12-22(20(21)24)19(16)23(18(15)17)13-14-7-3-2-4-8-14/h2-5,7-9,11H,6,10,12-13H2,1H3,(H2,21,24). The van der Waals surface area contributed by atoms with Crippen molar-refractivity contribution in [2.45, 2.75) is 19.4 Å². The molecule has 0 saturated heterocycles. The lowest BCUT2D eigenvalue weighted by atomic mass is 10.0. The van der Waals surface area contributed by atoms with Gasteiger partial charge in [-0.2, -0.15) is 0 Å². The monoisotopic (exact) mass is 335 g/mol. The molecule has 5 heteroatoms. The molecular weight excluding hydrogens is 314 g/mol. The van der Waals surface area contributed by atoms with Crippen LogP contribution in [0.25, 0.3) is 10.9 Å². The number of carbonyl (C=O) groups excluding carboxylic acids is 1. The van der Waals surface area contributed by atoms with Crippen LogP contribution in [0.2, 0.25) is 0 Å². The maximum Gasteiger partial charge on any atom is 0.320 e. The first-order valence-corrected chi connectivity index (χ1v) is 8.49. The molecule has 4 rings (SSSR count). The molecule has 0 saturated carbocycles. The lowest BCUT2D eigenvalue weighted by molar-refractivity contribution is 0.253. The largest absolute Gasteiger partial charge is 0.495 e. The Bertz CT molecular complexity index is 931. The predicted molar refractivity (Wildman–Crippen MR) is 99.3 cm³/mol. The van der Waals surface area contributed by atoms with Crippen LogP contribution in [0.1, 0.15) is 17.5 Å². The maximum absolute atomic E-state index is 12.1. The number of para-hydroxylation sites is 1. The smallest absolute Gasteiger partial charge is 0.320 e. The van der Waals surface area contributed by atoms with E-state index in [-0.39, 0.29) is 0 Å². The van der Waals surface area contributed by atoms with E-state index >= 15 is 0 Å². The Hall–Kier alpha value is -2.95. The van der Waals surface area contributed by atoms with Gasteiger partial charge < -0.3 is 15.0 Å². The minimum Gasteiger partial charge on any atom is -0.495 e. The number of carbonyl (C=O) groups is 1. The van der Waals surface area contributed by atoms with Gasteiger partial charge in [0.05, 0.1) is 12.6 Å². The minimum absolute atomic E-state index is 0.406. The van der Waals surface area contributed by atoms with Gasteiger partial charge in [0, 0.05) is 24.0 Å².